The number of carbonyl (C=O) groups excluding carboxylic acids is 1. The first-order chi connectivity index (χ1) is 10.8. The molecule has 1 atom stereocenters. The number of aliphatic hydroxyl groups is 1. The molecule has 9 heteroatoms. The molecule has 0 aliphatic heterocycles. The molecule has 122 valence electrons. The molecular formula is C14H13Cl2N3O4. The normalized spacial score (nSPS) is 12.0. The first kappa shape index (κ1) is 17.3. The number of hydrogen-bond donors (Lipinski definition) is 3. The molecule has 0 aliphatic rings. The minimum absolute atomic E-state index is 0.0670. The summed E-state index contributed by atoms with van der Waals surface area (Å²) >= 11 is 11.7. The molecule has 3 N–H and O–H groups in total. The zero-order chi connectivity index (χ0) is 17.1. The molecule has 2 rings (SSSR count). The van der Waals surface area contributed by atoms with Gasteiger partial charge in [0.05, 0.1) is 22.3 Å². The van der Waals surface area contributed by atoms with Crippen molar-refractivity contribution in [2.45, 2.75) is 12.6 Å². The number of carboxylic acids is 1. The molecular weight excluding hydrogens is 345 g/mol. The predicted molar refractivity (Wildman–Crippen MR) is 83.4 cm³/mol. The maximum atomic E-state index is 12.2. The van der Waals surface area contributed by atoms with E-state index in [9.17, 15) is 14.7 Å². The van der Waals surface area contributed by atoms with Gasteiger partial charge in [-0.25, -0.2) is 4.79 Å². The monoisotopic (exact) mass is 357 g/mol. The van der Waals surface area contributed by atoms with Gasteiger partial charge in [0.1, 0.15) is 0 Å². The summed E-state index contributed by atoms with van der Waals surface area (Å²) in [5, 5.41) is 25.6. The predicted octanol–water partition coefficient (Wildman–Crippen LogP) is 2.11. The van der Waals surface area contributed by atoms with E-state index in [1.165, 1.54) is 36.2 Å². The van der Waals surface area contributed by atoms with Crippen molar-refractivity contribution in [3.05, 3.63) is 51.3 Å². The van der Waals surface area contributed by atoms with E-state index in [0.29, 0.717) is 16.3 Å². The highest BCUT2D eigenvalue weighted by Gasteiger charge is 2.23. The maximum Gasteiger partial charge on any atom is 0.356 e. The lowest BCUT2D eigenvalue weighted by Gasteiger charge is -2.20. The SMILES string of the molecule is CN(Cc1cc(C(=O)O)n[nH]1)C(=O)C(O)c1ccc(Cl)c(Cl)c1. The standard InChI is InChI=1S/C14H13Cl2N3O4/c1-19(6-8-5-11(14(22)23)18-17-8)13(21)12(20)7-2-3-9(15)10(16)4-7/h2-5,12,20H,6H2,1H3,(H,17,18)(H,22,23). The number of benzene rings is 1. The number of carboxylic acid groups (broad SMARTS) is 1. The van der Waals surface area contributed by atoms with Crippen molar-refractivity contribution in [3.63, 3.8) is 0 Å². The van der Waals surface area contributed by atoms with Gasteiger partial charge in [0, 0.05) is 7.05 Å². The molecule has 0 saturated carbocycles. The van der Waals surface area contributed by atoms with Crippen LogP contribution in [0.3, 0.4) is 0 Å². The Hall–Kier alpha value is -2.09. The van der Waals surface area contributed by atoms with Crippen molar-refractivity contribution < 1.29 is 19.8 Å². The van der Waals surface area contributed by atoms with Gasteiger partial charge in [-0.1, -0.05) is 29.3 Å². The topological polar surface area (TPSA) is 107 Å². The quantitative estimate of drug-likeness (QED) is 0.759. The van der Waals surface area contributed by atoms with Gasteiger partial charge in [-0.05, 0) is 23.8 Å². The van der Waals surface area contributed by atoms with Crippen molar-refractivity contribution in [2.75, 3.05) is 7.05 Å². The Labute approximate surface area is 141 Å². The van der Waals surface area contributed by atoms with Gasteiger partial charge in [-0.15, -0.1) is 0 Å². The third kappa shape index (κ3) is 4.01. The van der Waals surface area contributed by atoms with Crippen molar-refractivity contribution >= 4 is 35.1 Å². The van der Waals surface area contributed by atoms with Crippen LogP contribution < -0.4 is 0 Å². The fraction of sp³-hybridized carbons (Fsp3) is 0.214. The molecule has 0 aliphatic carbocycles. The van der Waals surface area contributed by atoms with Crippen molar-refractivity contribution in [3.8, 4) is 0 Å². The largest absolute Gasteiger partial charge is 0.476 e. The highest BCUT2D eigenvalue weighted by molar-refractivity contribution is 6.42. The fourth-order valence-electron chi connectivity index (χ4n) is 1.92. The lowest BCUT2D eigenvalue weighted by atomic mass is 10.1. The lowest BCUT2D eigenvalue weighted by Crippen LogP contribution is -2.31. The Bertz CT molecular complexity index is 747. The maximum absolute atomic E-state index is 12.2. The van der Waals surface area contributed by atoms with Crippen molar-refractivity contribution in [2.24, 2.45) is 0 Å². The minimum atomic E-state index is -1.41. The molecule has 2 aromatic rings. The molecule has 0 saturated heterocycles. The van der Waals surface area contributed by atoms with Gasteiger partial charge in [-0.3, -0.25) is 9.89 Å². The Kier molecular flexibility index (Phi) is 5.25. The second kappa shape index (κ2) is 6.99. The van der Waals surface area contributed by atoms with E-state index < -0.39 is 18.0 Å². The molecule has 1 unspecified atom stereocenters. The van der Waals surface area contributed by atoms with Gasteiger partial charge in [0.2, 0.25) is 0 Å². The van der Waals surface area contributed by atoms with E-state index in [-0.39, 0.29) is 17.3 Å². The van der Waals surface area contributed by atoms with Crippen molar-refractivity contribution in [1.29, 1.82) is 0 Å². The van der Waals surface area contributed by atoms with Gasteiger partial charge in [0.25, 0.3) is 5.91 Å². The van der Waals surface area contributed by atoms with Gasteiger partial charge in [-0.2, -0.15) is 5.10 Å². The first-order valence-electron chi connectivity index (χ1n) is 6.45. The van der Waals surface area contributed by atoms with Gasteiger partial charge < -0.3 is 15.1 Å². The number of aromatic amines is 1. The van der Waals surface area contributed by atoms with Crippen LogP contribution in [0.2, 0.25) is 10.0 Å². The number of halogens is 2. The van der Waals surface area contributed by atoms with Crippen molar-refractivity contribution in [1.82, 2.24) is 15.1 Å². The van der Waals surface area contributed by atoms with E-state index in [0.717, 1.165) is 0 Å². The molecule has 23 heavy (non-hydrogen) atoms. The van der Waals surface area contributed by atoms with Crippen LogP contribution in [0.1, 0.15) is 27.8 Å². The summed E-state index contributed by atoms with van der Waals surface area (Å²) in [6, 6.07) is 5.73. The number of nitrogens with one attached hydrogen (secondary N) is 1. The number of hydrogen-bond acceptors (Lipinski definition) is 4. The summed E-state index contributed by atoms with van der Waals surface area (Å²) < 4.78 is 0. The Morgan fingerprint density at radius 3 is 2.57 bits per heavy atom. The third-order valence-corrected chi connectivity index (χ3v) is 3.87. The third-order valence-electron chi connectivity index (χ3n) is 3.13. The molecule has 1 amide bonds. The number of aromatic nitrogens is 2. The number of nitrogens with zero attached hydrogens (tertiary/aromatic N) is 2. The Morgan fingerprint density at radius 1 is 1.30 bits per heavy atom. The molecule has 1 aromatic carbocycles. The molecule has 1 heterocycles. The fourth-order valence-corrected chi connectivity index (χ4v) is 2.23. The van der Waals surface area contributed by atoms with E-state index in [2.05, 4.69) is 10.2 Å². The summed E-state index contributed by atoms with van der Waals surface area (Å²) in [6.07, 6.45) is -1.41. The summed E-state index contributed by atoms with van der Waals surface area (Å²) in [7, 11) is 1.48. The van der Waals surface area contributed by atoms with Crippen LogP contribution in [0.25, 0.3) is 0 Å². The van der Waals surface area contributed by atoms with E-state index in [1.807, 2.05) is 0 Å². The number of aliphatic hydroxyl groups excluding tert-OH is 1. The van der Waals surface area contributed by atoms with E-state index in [4.69, 9.17) is 28.3 Å². The number of aromatic carboxylic acids is 1. The van der Waals surface area contributed by atoms with Crippen LogP contribution in [0.15, 0.2) is 24.3 Å². The van der Waals surface area contributed by atoms with E-state index in [1.54, 1.807) is 0 Å². The summed E-state index contributed by atoms with van der Waals surface area (Å²) in [5.41, 5.74) is 0.595. The van der Waals surface area contributed by atoms with Crippen LogP contribution in [0.5, 0.6) is 0 Å². The number of likely N-dealkylation sites (N-methyl/N-ethyl adjacent to an activating group) is 1. The second-order valence-electron chi connectivity index (χ2n) is 4.85. The first-order valence-corrected chi connectivity index (χ1v) is 7.20. The van der Waals surface area contributed by atoms with Crippen LogP contribution in [-0.4, -0.2) is 44.2 Å². The van der Waals surface area contributed by atoms with Crippen LogP contribution in [0, 0.1) is 0 Å². The van der Waals surface area contributed by atoms with Crippen LogP contribution >= 0.6 is 23.2 Å². The zero-order valence-electron chi connectivity index (χ0n) is 12.0. The van der Waals surface area contributed by atoms with E-state index >= 15 is 0 Å². The average Bonchev–Trinajstić information content (AvgIpc) is 2.97. The molecule has 7 nitrogen and oxygen atoms in total. The van der Waals surface area contributed by atoms with Crippen LogP contribution in [0.4, 0.5) is 0 Å². The average molecular weight is 358 g/mol. The molecule has 0 bridgehead atoms. The van der Waals surface area contributed by atoms with Crippen LogP contribution in [-0.2, 0) is 11.3 Å². The minimum Gasteiger partial charge on any atom is -0.476 e. The van der Waals surface area contributed by atoms with Gasteiger partial charge in [0.15, 0.2) is 11.8 Å². The number of rotatable bonds is 5. The number of amides is 1. The van der Waals surface area contributed by atoms with Gasteiger partial charge >= 0.3 is 5.97 Å². The molecule has 0 fully saturated rings. The number of carbonyl (C=O) groups is 2. The highest BCUT2D eigenvalue weighted by Crippen LogP contribution is 2.26. The molecule has 0 radical (unpaired) electrons. The Balaban J connectivity index is 2.08. The zero-order valence-corrected chi connectivity index (χ0v) is 13.5. The summed E-state index contributed by atoms with van der Waals surface area (Å²) in [6.45, 7) is 0.0670. The molecule has 0 spiro atoms. The lowest BCUT2D eigenvalue weighted by molar-refractivity contribution is -0.139. The number of H-pyrrole nitrogens is 1. The summed E-state index contributed by atoms with van der Waals surface area (Å²) in [5.74, 6) is -1.74. The Morgan fingerprint density at radius 2 is 2.00 bits per heavy atom. The molecule has 1 aromatic heterocycles. The highest BCUT2D eigenvalue weighted by atomic mass is 35.5. The second-order valence-corrected chi connectivity index (χ2v) is 5.67. The summed E-state index contributed by atoms with van der Waals surface area (Å²) in [4.78, 5) is 24.2. The smallest absolute Gasteiger partial charge is 0.356 e.